The first kappa shape index (κ1) is 51.8. The number of fused-ring (bicyclic) bond motifs is 1. The van der Waals surface area contributed by atoms with Crippen molar-refractivity contribution in [3.05, 3.63) is 149 Å². The number of ether oxygens (including phenoxy) is 1. The molecule has 1 radical (unpaired) electrons. The van der Waals surface area contributed by atoms with Gasteiger partial charge in [0, 0.05) is 104 Å². The molecule has 0 saturated carbocycles. The minimum atomic E-state index is -0.583. The molecule has 2 aliphatic carbocycles. The van der Waals surface area contributed by atoms with Gasteiger partial charge in [-0.2, -0.15) is 4.58 Å². The van der Waals surface area contributed by atoms with Gasteiger partial charge in [-0.25, -0.2) is 0 Å². The summed E-state index contributed by atoms with van der Waals surface area (Å²) >= 11 is 7.82. The zero-order chi connectivity index (χ0) is 47.4. The quantitative estimate of drug-likeness (QED) is 0.0655. The van der Waals surface area contributed by atoms with Crippen molar-refractivity contribution in [2.75, 3.05) is 32.1 Å². The van der Waals surface area contributed by atoms with Crippen LogP contribution in [-0.4, -0.2) is 80.6 Å². The Kier molecular flexibility index (Phi) is 18.3. The van der Waals surface area contributed by atoms with Gasteiger partial charge in [-0.15, -0.1) is 0 Å². The van der Waals surface area contributed by atoms with E-state index in [-0.39, 0.29) is 76.3 Å². The van der Waals surface area contributed by atoms with E-state index >= 15 is 0 Å². The second-order valence-electron chi connectivity index (χ2n) is 13.9. The first-order valence-corrected chi connectivity index (χ1v) is 21.6. The number of rotatable bonds is 11. The number of carbonyl (C=O) groups excluding carboxylic acids is 2. The van der Waals surface area contributed by atoms with Crippen LogP contribution in [0.5, 0.6) is 5.75 Å². The number of methoxy groups -OCH3 is 1. The van der Waals surface area contributed by atoms with Crippen LogP contribution in [0.2, 0.25) is 5.02 Å². The minimum absolute atomic E-state index is 0. The number of halogens is 1. The first-order chi connectivity index (χ1) is 31.0. The molecule has 2 aromatic carbocycles. The normalized spacial score (nSPS) is 18.0. The van der Waals surface area contributed by atoms with Gasteiger partial charge in [-0.1, -0.05) is 41.2 Å². The van der Waals surface area contributed by atoms with Gasteiger partial charge in [0.05, 0.1) is 22.4 Å². The number of benzene rings is 2. The minimum Gasteiger partial charge on any atom is -0.506 e. The van der Waals surface area contributed by atoms with E-state index in [1.54, 1.807) is 7.11 Å². The van der Waals surface area contributed by atoms with Crippen LogP contribution in [0.4, 0.5) is 21.4 Å². The molecule has 1 atom stereocenters. The van der Waals surface area contributed by atoms with Crippen LogP contribution >= 0.6 is 34.3 Å². The molecule has 0 spiro atoms. The smallest absolute Gasteiger partial charge is 0.319 e. The standard InChI is InChI=1S/C25H32ClN2O.2C9H6N4O4S.Co/c1-7-25(4)21-16-19(26)12-14-22(21)27(5)24(25)15-11-18-10-13-20(17-23(18)29-6)28(8-2)9-3;2*14-5-1-2-6(7(15)3-5)11-12-9-10-4-8(18-9)13(16)17;/h10-17H,7-9H2,1-6H3;2*1-4H,(H2,10,12,14,15);/q+1;;;/p-2. The van der Waals surface area contributed by atoms with Crippen molar-refractivity contribution in [3.8, 4) is 5.75 Å². The fourth-order valence-corrected chi connectivity index (χ4v) is 7.76. The zero-order valence-corrected chi connectivity index (χ0v) is 39.5. The fraction of sp³-hybridized carbons (Fsp3) is 0.233. The van der Waals surface area contributed by atoms with Crippen molar-refractivity contribution in [1.82, 2.24) is 9.97 Å². The van der Waals surface area contributed by atoms with Gasteiger partial charge in [0.15, 0.2) is 17.3 Å². The molecule has 0 amide bonds. The molecule has 0 fully saturated rings. The number of aliphatic hydroxyl groups excluding tert-OH is 2. The number of nitrogens with zero attached hydrogens (tertiary/aromatic N) is 10. The predicted molar refractivity (Wildman–Crippen MR) is 250 cm³/mol. The monoisotopic (exact) mass is 1000 g/mol. The number of hydrogen-bond donors (Lipinski definition) is 2. The van der Waals surface area contributed by atoms with E-state index in [4.69, 9.17) is 16.3 Å². The van der Waals surface area contributed by atoms with E-state index < -0.39 is 9.85 Å². The number of aliphatic hydroxyl groups is 2. The number of hydrogen-bond acceptors (Lipinski definition) is 16. The summed E-state index contributed by atoms with van der Waals surface area (Å²) in [6, 6.07) is 12.6. The Morgan fingerprint density at radius 1 is 0.833 bits per heavy atom. The second kappa shape index (κ2) is 23.4. The molecule has 1 unspecified atom stereocenters. The topological polar surface area (TPSA) is 254 Å². The van der Waals surface area contributed by atoms with Crippen LogP contribution < -0.4 is 29.2 Å². The van der Waals surface area contributed by atoms with Crippen molar-refractivity contribution < 1.29 is 55.7 Å². The van der Waals surface area contributed by atoms with E-state index in [1.165, 1.54) is 47.0 Å². The maximum absolute atomic E-state index is 10.9. The van der Waals surface area contributed by atoms with E-state index in [1.807, 2.05) is 6.07 Å². The average molecular weight is 1000 g/mol. The molecule has 0 bridgehead atoms. The molecule has 1 aliphatic heterocycles. The van der Waals surface area contributed by atoms with Crippen LogP contribution in [-0.2, 0) is 31.8 Å². The molecular formula is C43H42ClCoN10O9S2-. The van der Waals surface area contributed by atoms with Crippen molar-refractivity contribution in [3.63, 3.8) is 0 Å². The molecule has 3 heterocycles. The summed E-state index contributed by atoms with van der Waals surface area (Å²) in [5, 5.41) is 54.6. The summed E-state index contributed by atoms with van der Waals surface area (Å²) in [6.07, 6.45) is 14.6. The molecule has 2 aromatic heterocycles. The van der Waals surface area contributed by atoms with Crippen LogP contribution in [0.1, 0.15) is 45.2 Å². The molecule has 347 valence electrons. The molecule has 66 heavy (non-hydrogen) atoms. The van der Waals surface area contributed by atoms with Gasteiger partial charge in [-0.05, 0) is 81.8 Å². The number of thiazole rings is 2. The number of ketones is 2. The van der Waals surface area contributed by atoms with Gasteiger partial charge in [0.1, 0.15) is 35.7 Å². The van der Waals surface area contributed by atoms with E-state index in [0.717, 1.165) is 83.1 Å². The third-order valence-electron chi connectivity index (χ3n) is 10.0. The van der Waals surface area contributed by atoms with Crippen LogP contribution in [0.25, 0.3) is 6.08 Å². The largest absolute Gasteiger partial charge is 0.506 e. The maximum atomic E-state index is 10.9. The van der Waals surface area contributed by atoms with Gasteiger partial charge in [0.25, 0.3) is 0 Å². The van der Waals surface area contributed by atoms with Crippen molar-refractivity contribution >= 4 is 90.4 Å². The van der Waals surface area contributed by atoms with Gasteiger partial charge in [-0.3, -0.25) is 40.0 Å². The Morgan fingerprint density at radius 2 is 1.36 bits per heavy atom. The summed E-state index contributed by atoms with van der Waals surface area (Å²) in [7, 11) is 3.87. The van der Waals surface area contributed by atoms with Gasteiger partial charge >= 0.3 is 10.0 Å². The third kappa shape index (κ3) is 12.7. The summed E-state index contributed by atoms with van der Waals surface area (Å²) in [5.74, 6) is -0.423. The number of allylic oxidation sites excluding steroid dienone is 7. The van der Waals surface area contributed by atoms with E-state index in [9.17, 15) is 40.0 Å². The van der Waals surface area contributed by atoms with Crippen molar-refractivity contribution in [2.45, 2.75) is 39.5 Å². The summed E-state index contributed by atoms with van der Waals surface area (Å²) in [6.45, 7) is 10.8. The van der Waals surface area contributed by atoms with Crippen LogP contribution in [0, 0.1) is 20.2 Å². The van der Waals surface area contributed by atoms with Crippen molar-refractivity contribution in [2.24, 2.45) is 20.4 Å². The SMILES string of the molecule is CCN(CC)c1ccc(/C=C/C2=[N+](C)c3ccc(Cl)cc3C2(C)CC)c(OC)c1.O=C1C=CC(=NN=c2[n-]cc([N+](=O)[O-])s2)C(O)=C1.O=C1C=CC(=NN=c2[n-]cc([N+](=O)[O-])s2)C(O)=C1.[Co]. The summed E-state index contributed by atoms with van der Waals surface area (Å²) in [5.41, 5.74) is 6.17. The Balaban J connectivity index is 0.000000225. The summed E-state index contributed by atoms with van der Waals surface area (Å²) < 4.78 is 7.99. The van der Waals surface area contributed by atoms with E-state index in [2.05, 4.69) is 117 Å². The zero-order valence-electron chi connectivity index (χ0n) is 36.1. The van der Waals surface area contributed by atoms with Crippen LogP contribution in [0.15, 0.2) is 123 Å². The molecule has 19 nitrogen and oxygen atoms in total. The Morgan fingerprint density at radius 3 is 1.80 bits per heavy atom. The van der Waals surface area contributed by atoms with E-state index in [0.29, 0.717) is 0 Å². The van der Waals surface area contributed by atoms with Crippen molar-refractivity contribution in [1.29, 1.82) is 0 Å². The Hall–Kier alpha value is -6.85. The molecular weight excluding hydrogens is 959 g/mol. The maximum Gasteiger partial charge on any atom is 0.319 e. The predicted octanol–water partition coefficient (Wildman–Crippen LogP) is 7.20. The number of nitro groups is 2. The Bertz CT molecular complexity index is 2800. The molecule has 23 heteroatoms. The van der Waals surface area contributed by atoms with Crippen LogP contribution in [0.3, 0.4) is 0 Å². The molecule has 4 aromatic rings. The van der Waals surface area contributed by atoms with Gasteiger partial charge < -0.3 is 40.0 Å². The van der Waals surface area contributed by atoms with Gasteiger partial charge in [0.2, 0.25) is 5.69 Å². The molecule has 3 aliphatic rings. The second-order valence-corrected chi connectivity index (χ2v) is 16.3. The summed E-state index contributed by atoms with van der Waals surface area (Å²) in [4.78, 5) is 51.3. The number of carbonyl (C=O) groups is 2. The fourth-order valence-electron chi connectivity index (χ4n) is 6.48. The average Bonchev–Trinajstić information content (AvgIpc) is 4.02. The number of anilines is 1. The Labute approximate surface area is 400 Å². The number of aromatic nitrogens is 2. The molecule has 0 saturated heterocycles. The molecule has 2 N–H and O–H groups in total. The molecule has 7 rings (SSSR count). The third-order valence-corrected chi connectivity index (χ3v) is 11.9. The first-order valence-electron chi connectivity index (χ1n) is 19.6.